The van der Waals surface area contributed by atoms with Crippen molar-refractivity contribution >= 4 is 44.8 Å². The van der Waals surface area contributed by atoms with Crippen LogP contribution in [0.3, 0.4) is 0 Å². The summed E-state index contributed by atoms with van der Waals surface area (Å²) in [5.41, 5.74) is 9.89. The number of cyclic esters (lactones) is 1. The third-order valence-electron chi connectivity index (χ3n) is 11.7. The number of carbonyl (C=O) groups excluding carboxylic acids is 4. The number of aryl methyl sites for hydroxylation is 1. The van der Waals surface area contributed by atoms with E-state index in [4.69, 9.17) is 14.5 Å². The number of ether oxygens (including phenoxy) is 2. The molecule has 0 spiro atoms. The van der Waals surface area contributed by atoms with Gasteiger partial charge in [-0.1, -0.05) is 39.8 Å². The van der Waals surface area contributed by atoms with Gasteiger partial charge in [-0.3, -0.25) is 29.2 Å². The third-order valence-corrected chi connectivity index (χ3v) is 12.2. The molecule has 0 unspecified atom stereocenters. The Bertz CT molecular complexity index is 2350. The third kappa shape index (κ3) is 9.03. The first kappa shape index (κ1) is 44.2. The van der Waals surface area contributed by atoms with E-state index in [0.29, 0.717) is 49.2 Å². The summed E-state index contributed by atoms with van der Waals surface area (Å²) >= 11 is 0. The molecule has 2 N–H and O–H groups in total. The van der Waals surface area contributed by atoms with E-state index in [1.54, 1.807) is 26.4 Å². The Labute approximate surface area is 356 Å². The van der Waals surface area contributed by atoms with Crippen LogP contribution in [0.25, 0.3) is 33.3 Å². The number of likely N-dealkylation sites (N-methyl/N-ethyl adjacent to an activating group) is 1. The van der Waals surface area contributed by atoms with Crippen LogP contribution in [-0.2, 0) is 53.3 Å². The maximum atomic E-state index is 14.5. The Morgan fingerprint density at radius 3 is 2.60 bits per heavy atom. The van der Waals surface area contributed by atoms with Crippen LogP contribution < -0.4 is 10.7 Å². The number of rotatable bonds is 8. The maximum absolute atomic E-state index is 14.5. The molecule has 13 nitrogen and oxygen atoms in total. The van der Waals surface area contributed by atoms with Gasteiger partial charge in [-0.05, 0) is 97.7 Å². The second-order valence-corrected chi connectivity index (χ2v) is 18.3. The zero-order chi connectivity index (χ0) is 43.7. The highest BCUT2D eigenvalue weighted by atomic mass is 28.1. The molecule has 60 heavy (non-hydrogen) atoms. The number of nitrogens with one attached hydrogen (secondary N) is 2. The summed E-state index contributed by atoms with van der Waals surface area (Å²) in [6.07, 6.45) is 3.31. The Morgan fingerprint density at radius 1 is 1.18 bits per heavy atom. The summed E-state index contributed by atoms with van der Waals surface area (Å²) in [4.78, 5) is 61.0. The number of amides is 3. The van der Waals surface area contributed by atoms with E-state index >= 15 is 0 Å². The van der Waals surface area contributed by atoms with E-state index in [-0.39, 0.29) is 24.9 Å². The Hall–Kier alpha value is -5.36. The van der Waals surface area contributed by atoms with Crippen molar-refractivity contribution in [2.24, 2.45) is 11.3 Å². The molecule has 3 radical (unpaired) electrons. The minimum Gasteiger partial charge on any atom is -0.464 e. The quantitative estimate of drug-likeness (QED) is 0.175. The molecule has 4 aromatic rings. The van der Waals surface area contributed by atoms with Crippen molar-refractivity contribution < 1.29 is 28.7 Å². The standard InChI is InChI=1S/C46H56N7O6Si/c1-10-52-38-16-15-31-23-34(38)35(40(52)33-13-11-17-48-41(33)46(7,60)58-9)24-45(5,6)26-59-44(57)36-14-12-18-53(50-36)43(56)37(22-29-19-30(25-47)21-32(31)20-29)49-42(55)39(27(2)3)51(8)28(4)54/h11,13,15-17,19-21,23,27,36-37,39,50H,10,12,14,18,22,24,26H2,1-9H3,(H,49,55)/t36-,37-,39-,46+/m0/s1. The minimum atomic E-state index is -1.10. The molecular formula is C46H56N7O6Si. The second-order valence-electron chi connectivity index (χ2n) is 17.3. The van der Waals surface area contributed by atoms with Crippen molar-refractivity contribution in [1.82, 2.24) is 30.2 Å². The van der Waals surface area contributed by atoms with Gasteiger partial charge >= 0.3 is 5.97 Å². The minimum absolute atomic E-state index is 0.0431. The Balaban J connectivity index is 1.56. The van der Waals surface area contributed by atoms with E-state index in [9.17, 15) is 24.4 Å². The lowest BCUT2D eigenvalue weighted by Gasteiger charge is -2.36. The lowest BCUT2D eigenvalue weighted by atomic mass is 9.84. The van der Waals surface area contributed by atoms with Gasteiger partial charge in [0.2, 0.25) is 11.8 Å². The molecule has 0 saturated carbocycles. The van der Waals surface area contributed by atoms with E-state index in [0.717, 1.165) is 38.9 Å². The molecule has 315 valence electrons. The predicted octanol–water partition coefficient (Wildman–Crippen LogP) is 5.40. The lowest BCUT2D eigenvalue weighted by molar-refractivity contribution is -0.155. The number of aromatic nitrogens is 2. The molecule has 2 aromatic carbocycles. The average molecular weight is 831 g/mol. The first-order valence-electron chi connectivity index (χ1n) is 20.6. The number of hydrazine groups is 1. The van der Waals surface area contributed by atoms with Gasteiger partial charge in [-0.15, -0.1) is 0 Å². The summed E-state index contributed by atoms with van der Waals surface area (Å²) in [7, 11) is 7.04. The van der Waals surface area contributed by atoms with Gasteiger partial charge in [-0.25, -0.2) is 5.43 Å². The zero-order valence-corrected chi connectivity index (χ0v) is 37.1. The van der Waals surface area contributed by atoms with Gasteiger partial charge in [-0.2, -0.15) is 5.26 Å². The summed E-state index contributed by atoms with van der Waals surface area (Å²) in [5.74, 6) is -1.94. The van der Waals surface area contributed by atoms with Crippen LogP contribution in [-0.4, -0.2) is 98.8 Å². The average Bonchev–Trinajstić information content (AvgIpc) is 3.52. The van der Waals surface area contributed by atoms with Gasteiger partial charge < -0.3 is 24.3 Å². The first-order valence-corrected chi connectivity index (χ1v) is 21.1. The van der Waals surface area contributed by atoms with Crippen LogP contribution in [0.1, 0.15) is 83.7 Å². The van der Waals surface area contributed by atoms with Gasteiger partial charge in [0.1, 0.15) is 18.1 Å². The number of esters is 1. The number of fused-ring (bicyclic) bond motifs is 6. The number of nitriles is 1. The largest absolute Gasteiger partial charge is 0.464 e. The molecular weight excluding hydrogens is 775 g/mol. The van der Waals surface area contributed by atoms with Crippen LogP contribution >= 0.6 is 0 Å². The van der Waals surface area contributed by atoms with Crippen molar-refractivity contribution in [3.63, 3.8) is 0 Å². The number of pyridine rings is 1. The maximum Gasteiger partial charge on any atom is 0.324 e. The van der Waals surface area contributed by atoms with E-state index < -0.39 is 46.5 Å². The molecule has 4 atom stereocenters. The SMILES string of the molecule is CCn1c(-c2cccnc2[C@@](C)([Si])OC)c2c3cc(ccc31)-c1cc(C#N)cc(c1)C[C@H](NC(=O)[C@H](C(C)C)N(C)C(C)=O)C(=O)N1CCC[C@H](N1)C(=O)OCC(C)(C)C2. The Morgan fingerprint density at radius 2 is 1.93 bits per heavy atom. The molecule has 6 bridgehead atoms. The molecule has 2 aliphatic rings. The van der Waals surface area contributed by atoms with Crippen molar-refractivity contribution in [2.45, 2.75) is 104 Å². The van der Waals surface area contributed by atoms with Crippen LogP contribution in [0.15, 0.2) is 54.7 Å². The van der Waals surface area contributed by atoms with Crippen LogP contribution in [0.2, 0.25) is 0 Å². The van der Waals surface area contributed by atoms with Gasteiger partial charge in [0.15, 0.2) is 0 Å². The van der Waals surface area contributed by atoms with Crippen LogP contribution in [0, 0.1) is 22.7 Å². The number of hydrogen-bond acceptors (Lipinski definition) is 9. The lowest BCUT2D eigenvalue weighted by Crippen LogP contribution is -2.62. The highest BCUT2D eigenvalue weighted by molar-refractivity contribution is 6.15. The fourth-order valence-corrected chi connectivity index (χ4v) is 8.75. The summed E-state index contributed by atoms with van der Waals surface area (Å²) < 4.78 is 14.3. The number of nitrogens with zero attached hydrogens (tertiary/aromatic N) is 5. The molecule has 1 saturated heterocycles. The van der Waals surface area contributed by atoms with Crippen LogP contribution in [0.5, 0.6) is 0 Å². The normalized spacial score (nSPS) is 19.8. The smallest absolute Gasteiger partial charge is 0.324 e. The van der Waals surface area contributed by atoms with Gasteiger partial charge in [0, 0.05) is 68.7 Å². The number of benzene rings is 2. The van der Waals surface area contributed by atoms with Crippen molar-refractivity contribution in [1.29, 1.82) is 5.26 Å². The molecule has 14 heteroatoms. The zero-order valence-electron chi connectivity index (χ0n) is 36.1. The molecule has 3 amide bonds. The van der Waals surface area contributed by atoms with Gasteiger partial charge in [0.25, 0.3) is 5.91 Å². The Kier molecular flexibility index (Phi) is 13.0. The first-order chi connectivity index (χ1) is 28.4. The van der Waals surface area contributed by atoms with E-state index in [2.05, 4.69) is 70.6 Å². The number of hydrogen-bond donors (Lipinski definition) is 2. The second kappa shape index (κ2) is 17.7. The number of carbonyl (C=O) groups is 4. The molecule has 6 rings (SSSR count). The van der Waals surface area contributed by atoms with Crippen LogP contribution in [0.4, 0.5) is 0 Å². The molecule has 0 aliphatic carbocycles. The fraction of sp³-hybridized carbons (Fsp3) is 0.478. The summed E-state index contributed by atoms with van der Waals surface area (Å²) in [6.45, 7) is 14.3. The van der Waals surface area contributed by atoms with E-state index in [1.165, 1.54) is 16.8 Å². The molecule has 1 fully saturated rings. The fourth-order valence-electron chi connectivity index (χ4n) is 8.55. The van der Waals surface area contributed by atoms with Crippen molar-refractivity contribution in [2.75, 3.05) is 27.3 Å². The topological polar surface area (TPSA) is 159 Å². The van der Waals surface area contributed by atoms with E-state index in [1.807, 2.05) is 45.0 Å². The molecule has 2 aliphatic heterocycles. The van der Waals surface area contributed by atoms with Crippen molar-refractivity contribution in [3.8, 4) is 28.5 Å². The predicted molar refractivity (Wildman–Crippen MR) is 230 cm³/mol. The highest BCUT2D eigenvalue weighted by Gasteiger charge is 2.38. The highest BCUT2D eigenvalue weighted by Crippen LogP contribution is 2.42. The summed E-state index contributed by atoms with van der Waals surface area (Å²) in [5, 5.41) is 14.8. The summed E-state index contributed by atoms with van der Waals surface area (Å²) in [6, 6.07) is 15.3. The molecule has 2 aromatic heterocycles. The monoisotopic (exact) mass is 830 g/mol. The van der Waals surface area contributed by atoms with Crippen molar-refractivity contribution in [3.05, 3.63) is 77.1 Å². The molecule has 4 heterocycles. The number of methoxy groups -OCH3 is 1. The van der Waals surface area contributed by atoms with Gasteiger partial charge in [0.05, 0.1) is 45.1 Å².